The molecule has 1 amide bonds. The molecule has 0 aliphatic rings. The van der Waals surface area contributed by atoms with E-state index in [1.54, 1.807) is 0 Å². The topological polar surface area (TPSA) is 105 Å². The van der Waals surface area contributed by atoms with Crippen LogP contribution in [0.1, 0.15) is 28.7 Å². The Bertz CT molecular complexity index is 1460. The van der Waals surface area contributed by atoms with Crippen LogP contribution in [0.5, 0.6) is 11.5 Å². The molecule has 0 bridgehead atoms. The zero-order chi connectivity index (χ0) is 27.8. The summed E-state index contributed by atoms with van der Waals surface area (Å²) in [5, 5.41) is 12.2. The van der Waals surface area contributed by atoms with E-state index in [0.29, 0.717) is 39.8 Å². The van der Waals surface area contributed by atoms with E-state index < -0.39 is 5.97 Å². The second-order valence-corrected chi connectivity index (χ2v) is 9.61. The average molecular weight is 567 g/mol. The number of nitrogens with one attached hydrogen (secondary N) is 1. The third-order valence-electron chi connectivity index (χ3n) is 5.46. The standard InChI is InChI=1S/C28H27ClN4O5S/c1-4-37-24-14-18(2)10-13-23(24)38-16-25-31-32-28(33(25)20-8-6-5-7-9-20)39-17-26(34)30-22-15-19(27(35)36-3)11-12-21(22)29/h5-15H,4,16-17H2,1-3H3,(H,30,34). The molecule has 0 aliphatic carbocycles. The molecule has 202 valence electrons. The Kier molecular flexibility index (Phi) is 9.45. The van der Waals surface area contributed by atoms with Gasteiger partial charge in [-0.15, -0.1) is 10.2 Å². The second kappa shape index (κ2) is 13.2. The molecule has 0 spiro atoms. The van der Waals surface area contributed by atoms with E-state index in [9.17, 15) is 9.59 Å². The normalized spacial score (nSPS) is 10.7. The van der Waals surface area contributed by atoms with Gasteiger partial charge < -0.3 is 19.5 Å². The zero-order valence-electron chi connectivity index (χ0n) is 21.6. The van der Waals surface area contributed by atoms with Gasteiger partial charge in [-0.25, -0.2) is 4.79 Å². The minimum absolute atomic E-state index is 0.0249. The first-order chi connectivity index (χ1) is 18.9. The lowest BCUT2D eigenvalue weighted by atomic mass is 10.2. The molecule has 11 heteroatoms. The number of aromatic nitrogens is 3. The molecular formula is C28H27ClN4O5S. The predicted molar refractivity (Wildman–Crippen MR) is 150 cm³/mol. The average Bonchev–Trinajstić information content (AvgIpc) is 3.35. The Morgan fingerprint density at radius 3 is 2.54 bits per heavy atom. The maximum absolute atomic E-state index is 12.8. The first kappa shape index (κ1) is 28.0. The maximum Gasteiger partial charge on any atom is 0.337 e. The van der Waals surface area contributed by atoms with E-state index in [0.717, 1.165) is 11.3 Å². The van der Waals surface area contributed by atoms with Crippen LogP contribution in [-0.4, -0.2) is 46.1 Å². The van der Waals surface area contributed by atoms with E-state index in [4.69, 9.17) is 25.8 Å². The van der Waals surface area contributed by atoms with Gasteiger partial charge >= 0.3 is 5.97 Å². The number of esters is 1. The van der Waals surface area contributed by atoms with Gasteiger partial charge in [0.2, 0.25) is 5.91 Å². The number of thioether (sulfide) groups is 1. The molecule has 0 aliphatic heterocycles. The highest BCUT2D eigenvalue weighted by molar-refractivity contribution is 7.99. The van der Waals surface area contributed by atoms with Crippen LogP contribution in [0.2, 0.25) is 5.02 Å². The highest BCUT2D eigenvalue weighted by atomic mass is 35.5. The minimum atomic E-state index is -0.527. The van der Waals surface area contributed by atoms with Gasteiger partial charge in [-0.05, 0) is 61.9 Å². The molecule has 0 unspecified atom stereocenters. The number of aryl methyl sites for hydroxylation is 1. The van der Waals surface area contributed by atoms with Crippen LogP contribution in [0, 0.1) is 6.92 Å². The van der Waals surface area contributed by atoms with Gasteiger partial charge in [0, 0.05) is 5.69 Å². The number of hydrogen-bond acceptors (Lipinski definition) is 8. The van der Waals surface area contributed by atoms with Gasteiger partial charge in [0.15, 0.2) is 22.5 Å². The highest BCUT2D eigenvalue weighted by Gasteiger charge is 2.18. The fraction of sp³-hybridized carbons (Fsp3) is 0.214. The van der Waals surface area contributed by atoms with Gasteiger partial charge in [-0.3, -0.25) is 9.36 Å². The van der Waals surface area contributed by atoms with Crippen molar-refractivity contribution in [3.63, 3.8) is 0 Å². The number of amides is 1. The third-order valence-corrected chi connectivity index (χ3v) is 6.72. The second-order valence-electron chi connectivity index (χ2n) is 8.26. The summed E-state index contributed by atoms with van der Waals surface area (Å²) in [6.07, 6.45) is 0. The Hall–Kier alpha value is -4.02. The molecule has 4 aromatic rings. The van der Waals surface area contributed by atoms with Gasteiger partial charge in [0.1, 0.15) is 6.61 Å². The van der Waals surface area contributed by atoms with Gasteiger partial charge in [-0.2, -0.15) is 0 Å². The zero-order valence-corrected chi connectivity index (χ0v) is 23.2. The lowest BCUT2D eigenvalue weighted by Gasteiger charge is -2.14. The first-order valence-corrected chi connectivity index (χ1v) is 13.4. The van der Waals surface area contributed by atoms with E-state index in [-0.39, 0.29) is 23.8 Å². The summed E-state index contributed by atoms with van der Waals surface area (Å²) in [7, 11) is 1.28. The number of methoxy groups -OCH3 is 1. The summed E-state index contributed by atoms with van der Waals surface area (Å²) in [6, 6.07) is 19.8. The number of halogens is 1. The molecule has 0 fully saturated rings. The van der Waals surface area contributed by atoms with E-state index in [1.165, 1.54) is 37.1 Å². The van der Waals surface area contributed by atoms with Crippen LogP contribution in [0.25, 0.3) is 5.69 Å². The van der Waals surface area contributed by atoms with Crippen molar-refractivity contribution in [2.24, 2.45) is 0 Å². The maximum atomic E-state index is 12.8. The van der Waals surface area contributed by atoms with E-state index >= 15 is 0 Å². The molecule has 3 aromatic carbocycles. The fourth-order valence-electron chi connectivity index (χ4n) is 3.65. The van der Waals surface area contributed by atoms with Crippen molar-refractivity contribution in [2.75, 3.05) is 24.8 Å². The van der Waals surface area contributed by atoms with Crippen molar-refractivity contribution in [1.82, 2.24) is 14.8 Å². The van der Waals surface area contributed by atoms with Gasteiger partial charge in [-0.1, -0.05) is 47.6 Å². The van der Waals surface area contributed by atoms with Crippen LogP contribution < -0.4 is 14.8 Å². The Morgan fingerprint density at radius 1 is 1.00 bits per heavy atom. The third kappa shape index (κ3) is 7.10. The van der Waals surface area contributed by atoms with E-state index in [2.05, 4.69) is 15.5 Å². The molecule has 1 heterocycles. The SMILES string of the molecule is CCOc1cc(C)ccc1OCc1nnc(SCC(=O)Nc2cc(C(=O)OC)ccc2Cl)n1-c1ccccc1. The first-order valence-electron chi connectivity index (χ1n) is 12.1. The molecule has 0 atom stereocenters. The molecule has 4 rings (SSSR count). The number of rotatable bonds is 11. The number of benzene rings is 3. The van der Waals surface area contributed by atoms with Crippen molar-refractivity contribution < 1.29 is 23.8 Å². The van der Waals surface area contributed by atoms with Crippen LogP contribution in [-0.2, 0) is 16.1 Å². The van der Waals surface area contributed by atoms with Crippen LogP contribution in [0.4, 0.5) is 5.69 Å². The van der Waals surface area contributed by atoms with Crippen molar-refractivity contribution >= 4 is 40.9 Å². The Morgan fingerprint density at radius 2 is 1.79 bits per heavy atom. The quantitative estimate of drug-likeness (QED) is 0.181. The lowest BCUT2D eigenvalue weighted by molar-refractivity contribution is -0.113. The lowest BCUT2D eigenvalue weighted by Crippen LogP contribution is -2.15. The molecule has 0 saturated heterocycles. The number of carbonyl (C=O) groups excluding carboxylic acids is 2. The highest BCUT2D eigenvalue weighted by Crippen LogP contribution is 2.30. The summed E-state index contributed by atoms with van der Waals surface area (Å²) >= 11 is 7.42. The molecular weight excluding hydrogens is 540 g/mol. The smallest absolute Gasteiger partial charge is 0.337 e. The van der Waals surface area contributed by atoms with Crippen LogP contribution >= 0.6 is 23.4 Å². The number of ether oxygens (including phenoxy) is 3. The molecule has 39 heavy (non-hydrogen) atoms. The van der Waals surface area contributed by atoms with Crippen molar-refractivity contribution in [3.05, 3.63) is 88.7 Å². The van der Waals surface area contributed by atoms with Gasteiger partial charge in [0.05, 0.1) is 35.7 Å². The Labute approximate surface area is 235 Å². The molecule has 1 N–H and O–H groups in total. The summed E-state index contributed by atoms with van der Waals surface area (Å²) in [5.41, 5.74) is 2.48. The number of hydrogen-bond donors (Lipinski definition) is 1. The summed E-state index contributed by atoms with van der Waals surface area (Å²) < 4.78 is 18.4. The fourth-order valence-corrected chi connectivity index (χ4v) is 4.59. The Balaban J connectivity index is 1.51. The minimum Gasteiger partial charge on any atom is -0.490 e. The summed E-state index contributed by atoms with van der Waals surface area (Å²) in [4.78, 5) is 24.6. The van der Waals surface area contributed by atoms with Crippen molar-refractivity contribution in [3.8, 4) is 17.2 Å². The number of anilines is 1. The number of para-hydroxylation sites is 1. The number of nitrogens with zero attached hydrogens (tertiary/aromatic N) is 3. The largest absolute Gasteiger partial charge is 0.490 e. The summed E-state index contributed by atoms with van der Waals surface area (Å²) in [6.45, 7) is 4.55. The molecule has 1 aromatic heterocycles. The predicted octanol–water partition coefficient (Wildman–Crippen LogP) is 5.72. The summed E-state index contributed by atoms with van der Waals surface area (Å²) in [5.74, 6) is 0.985. The molecule has 9 nitrogen and oxygen atoms in total. The van der Waals surface area contributed by atoms with Crippen LogP contribution in [0.3, 0.4) is 0 Å². The molecule has 0 saturated carbocycles. The monoisotopic (exact) mass is 566 g/mol. The van der Waals surface area contributed by atoms with Crippen molar-refractivity contribution in [1.29, 1.82) is 0 Å². The van der Waals surface area contributed by atoms with Gasteiger partial charge in [0.25, 0.3) is 0 Å². The van der Waals surface area contributed by atoms with Crippen LogP contribution in [0.15, 0.2) is 71.9 Å². The van der Waals surface area contributed by atoms with Crippen molar-refractivity contribution in [2.45, 2.75) is 25.6 Å². The number of carbonyl (C=O) groups is 2. The molecule has 0 radical (unpaired) electrons. The van der Waals surface area contributed by atoms with E-state index in [1.807, 2.05) is 66.9 Å².